The van der Waals surface area contributed by atoms with E-state index in [0.717, 1.165) is 16.7 Å². The number of rotatable bonds is 9. The lowest BCUT2D eigenvalue weighted by Crippen LogP contribution is -2.51. The van der Waals surface area contributed by atoms with Gasteiger partial charge in [-0.3, -0.25) is 9.59 Å². The van der Waals surface area contributed by atoms with Crippen LogP contribution < -0.4 is 10.1 Å². The van der Waals surface area contributed by atoms with Crippen molar-refractivity contribution in [1.82, 2.24) is 10.2 Å². The van der Waals surface area contributed by atoms with Crippen molar-refractivity contribution in [2.45, 2.75) is 25.9 Å². The number of hydrogen-bond donors (Lipinski definition) is 1. The maximum absolute atomic E-state index is 13.3. The van der Waals surface area contributed by atoms with E-state index in [4.69, 9.17) is 16.3 Å². The molecule has 0 aliphatic carbocycles. The van der Waals surface area contributed by atoms with Gasteiger partial charge in [-0.05, 0) is 42.3 Å². The van der Waals surface area contributed by atoms with Gasteiger partial charge in [-0.1, -0.05) is 71.8 Å². The Kier molecular flexibility index (Phi) is 8.28. The molecule has 1 N–H and O–H groups in total. The molecule has 0 bridgehead atoms. The summed E-state index contributed by atoms with van der Waals surface area (Å²) < 4.78 is 5.73. The van der Waals surface area contributed by atoms with Crippen LogP contribution in [0.25, 0.3) is 0 Å². The highest BCUT2D eigenvalue weighted by Gasteiger charge is 2.30. The van der Waals surface area contributed by atoms with Gasteiger partial charge in [-0.15, -0.1) is 0 Å². The summed E-state index contributed by atoms with van der Waals surface area (Å²) in [6.07, 6.45) is 0.393. The van der Waals surface area contributed by atoms with Crippen molar-refractivity contribution in [2.75, 3.05) is 13.7 Å². The predicted molar refractivity (Wildman–Crippen MR) is 127 cm³/mol. The lowest BCUT2D eigenvalue weighted by molar-refractivity contribution is -0.142. The molecule has 0 aromatic heterocycles. The number of carbonyl (C=O) groups is 2. The van der Waals surface area contributed by atoms with E-state index in [1.165, 1.54) is 0 Å². The van der Waals surface area contributed by atoms with Crippen LogP contribution in [-0.2, 0) is 22.6 Å². The Hall–Kier alpha value is -3.31. The molecule has 2 amide bonds. The highest BCUT2D eigenvalue weighted by Crippen LogP contribution is 2.18. The van der Waals surface area contributed by atoms with Crippen molar-refractivity contribution < 1.29 is 14.3 Å². The maximum atomic E-state index is 13.3. The molecule has 1 unspecified atom stereocenters. The number of hydrogen-bond acceptors (Lipinski definition) is 3. The molecule has 5 nitrogen and oxygen atoms in total. The van der Waals surface area contributed by atoms with Crippen LogP contribution in [-0.4, -0.2) is 36.4 Å². The highest BCUT2D eigenvalue weighted by molar-refractivity contribution is 6.30. The Morgan fingerprint density at radius 1 is 0.938 bits per heavy atom. The van der Waals surface area contributed by atoms with Crippen LogP contribution in [0, 0.1) is 6.92 Å². The first-order valence-electron chi connectivity index (χ1n) is 10.4. The van der Waals surface area contributed by atoms with Crippen molar-refractivity contribution in [3.8, 4) is 5.75 Å². The number of ether oxygens (including phenoxy) is 1. The summed E-state index contributed by atoms with van der Waals surface area (Å²) in [6.45, 7) is 2.08. The Morgan fingerprint density at radius 2 is 1.59 bits per heavy atom. The standard InChI is InChI=1S/C26H27ClN2O3/c1-19-8-14-23(15-9-19)32-18-25(30)29(17-21-10-12-22(27)13-11-21)24(26(31)28-2)16-20-6-4-3-5-7-20/h3-15,24H,16-18H2,1-2H3,(H,28,31). The fourth-order valence-electron chi connectivity index (χ4n) is 3.37. The van der Waals surface area contributed by atoms with Crippen molar-refractivity contribution in [2.24, 2.45) is 0 Å². The van der Waals surface area contributed by atoms with Crippen LogP contribution in [0.4, 0.5) is 0 Å². The van der Waals surface area contributed by atoms with Gasteiger partial charge in [0.1, 0.15) is 11.8 Å². The van der Waals surface area contributed by atoms with Crippen molar-refractivity contribution in [3.63, 3.8) is 0 Å². The van der Waals surface area contributed by atoms with Gasteiger partial charge in [0.05, 0.1) is 0 Å². The van der Waals surface area contributed by atoms with Crippen LogP contribution in [0.5, 0.6) is 5.75 Å². The smallest absolute Gasteiger partial charge is 0.261 e. The first kappa shape index (κ1) is 23.4. The van der Waals surface area contributed by atoms with E-state index in [0.29, 0.717) is 17.2 Å². The zero-order valence-corrected chi connectivity index (χ0v) is 19.0. The average Bonchev–Trinajstić information content (AvgIpc) is 2.82. The third kappa shape index (κ3) is 6.59. The summed E-state index contributed by atoms with van der Waals surface area (Å²) >= 11 is 6.02. The van der Waals surface area contributed by atoms with Crippen LogP contribution >= 0.6 is 11.6 Å². The second-order valence-corrected chi connectivity index (χ2v) is 8.01. The van der Waals surface area contributed by atoms with Gasteiger partial charge in [0.25, 0.3) is 5.91 Å². The molecule has 3 aromatic carbocycles. The van der Waals surface area contributed by atoms with Gasteiger partial charge in [-0.25, -0.2) is 0 Å². The van der Waals surface area contributed by atoms with Gasteiger partial charge >= 0.3 is 0 Å². The summed E-state index contributed by atoms with van der Waals surface area (Å²) in [5.74, 6) is 0.103. The number of aryl methyl sites for hydroxylation is 1. The molecule has 1 atom stereocenters. The van der Waals surface area contributed by atoms with Crippen LogP contribution in [0.2, 0.25) is 5.02 Å². The zero-order chi connectivity index (χ0) is 22.9. The molecule has 3 aromatic rings. The molecule has 6 heteroatoms. The average molecular weight is 451 g/mol. The van der Waals surface area contributed by atoms with E-state index in [9.17, 15) is 9.59 Å². The van der Waals surface area contributed by atoms with Gasteiger partial charge in [0.2, 0.25) is 5.91 Å². The van der Waals surface area contributed by atoms with Crippen molar-refractivity contribution in [3.05, 3.63) is 101 Å². The molecule has 0 saturated carbocycles. The first-order valence-corrected chi connectivity index (χ1v) is 10.8. The molecule has 0 saturated heterocycles. The number of halogens is 1. The number of likely N-dealkylation sites (N-methyl/N-ethyl adjacent to an activating group) is 1. The summed E-state index contributed by atoms with van der Waals surface area (Å²) in [6, 6.07) is 23.7. The molecular formula is C26H27ClN2O3. The Bertz CT molecular complexity index is 1020. The Labute approximate surface area is 194 Å². The molecule has 3 rings (SSSR count). The zero-order valence-electron chi connectivity index (χ0n) is 18.3. The molecule has 32 heavy (non-hydrogen) atoms. The largest absolute Gasteiger partial charge is 0.484 e. The van der Waals surface area contributed by atoms with Crippen LogP contribution in [0.15, 0.2) is 78.9 Å². The summed E-state index contributed by atoms with van der Waals surface area (Å²) in [5, 5.41) is 3.31. The van der Waals surface area contributed by atoms with E-state index >= 15 is 0 Å². The van der Waals surface area contributed by atoms with Crippen LogP contribution in [0.3, 0.4) is 0 Å². The monoisotopic (exact) mass is 450 g/mol. The van der Waals surface area contributed by atoms with Crippen LogP contribution in [0.1, 0.15) is 16.7 Å². The Morgan fingerprint density at radius 3 is 2.22 bits per heavy atom. The topological polar surface area (TPSA) is 58.6 Å². The quantitative estimate of drug-likeness (QED) is 0.525. The second-order valence-electron chi connectivity index (χ2n) is 7.57. The van der Waals surface area contributed by atoms with Gasteiger partial charge in [0.15, 0.2) is 6.61 Å². The van der Waals surface area contributed by atoms with Gasteiger partial charge < -0.3 is 15.0 Å². The third-order valence-corrected chi connectivity index (χ3v) is 5.42. The number of benzene rings is 3. The molecule has 0 aliphatic heterocycles. The number of carbonyl (C=O) groups excluding carboxylic acids is 2. The predicted octanol–water partition coefficient (Wildman–Crippen LogP) is 4.41. The maximum Gasteiger partial charge on any atom is 0.261 e. The molecule has 166 valence electrons. The lowest BCUT2D eigenvalue weighted by Gasteiger charge is -2.31. The van der Waals surface area contributed by atoms with Gasteiger partial charge in [-0.2, -0.15) is 0 Å². The van der Waals surface area contributed by atoms with E-state index in [1.54, 1.807) is 24.1 Å². The normalized spacial score (nSPS) is 11.5. The minimum absolute atomic E-state index is 0.168. The van der Waals surface area contributed by atoms with E-state index in [1.807, 2.05) is 73.7 Å². The van der Waals surface area contributed by atoms with Gasteiger partial charge in [0, 0.05) is 25.0 Å². The first-order chi connectivity index (χ1) is 15.5. The molecule has 0 aliphatic rings. The highest BCUT2D eigenvalue weighted by atomic mass is 35.5. The SMILES string of the molecule is CNC(=O)C(Cc1ccccc1)N(Cc1ccc(Cl)cc1)C(=O)COc1ccc(C)cc1. The minimum atomic E-state index is -0.688. The lowest BCUT2D eigenvalue weighted by atomic mass is 10.0. The van der Waals surface area contributed by atoms with E-state index in [-0.39, 0.29) is 25.0 Å². The summed E-state index contributed by atoms with van der Waals surface area (Å²) in [7, 11) is 1.58. The van der Waals surface area contributed by atoms with Crippen molar-refractivity contribution >= 4 is 23.4 Å². The van der Waals surface area contributed by atoms with Crippen molar-refractivity contribution in [1.29, 1.82) is 0 Å². The molecule has 0 heterocycles. The van der Waals surface area contributed by atoms with E-state index < -0.39 is 6.04 Å². The summed E-state index contributed by atoms with van der Waals surface area (Å²) in [5.41, 5.74) is 2.95. The summed E-state index contributed by atoms with van der Waals surface area (Å²) in [4.78, 5) is 27.7. The number of amides is 2. The minimum Gasteiger partial charge on any atom is -0.484 e. The molecule has 0 spiro atoms. The Balaban J connectivity index is 1.85. The molecule has 0 fully saturated rings. The fourth-order valence-corrected chi connectivity index (χ4v) is 3.50. The third-order valence-electron chi connectivity index (χ3n) is 5.17. The second kappa shape index (κ2) is 11.3. The number of nitrogens with one attached hydrogen (secondary N) is 1. The fraction of sp³-hybridized carbons (Fsp3) is 0.231. The van der Waals surface area contributed by atoms with E-state index in [2.05, 4.69) is 5.32 Å². The number of nitrogens with zero attached hydrogens (tertiary/aromatic N) is 1. The molecule has 0 radical (unpaired) electrons. The molecular weight excluding hydrogens is 424 g/mol.